The first-order valence-electron chi connectivity index (χ1n) is 7.70. The molecule has 0 radical (unpaired) electrons. The molecule has 9 nitrogen and oxygen atoms in total. The zero-order valence-electron chi connectivity index (χ0n) is 14.3. The van der Waals surface area contributed by atoms with Crippen LogP contribution in [0.5, 0.6) is 0 Å². The lowest BCUT2D eigenvalue weighted by molar-refractivity contribution is 0.208. The van der Waals surface area contributed by atoms with Crippen LogP contribution in [0.2, 0.25) is 0 Å². The van der Waals surface area contributed by atoms with Crippen LogP contribution >= 0.6 is 12.4 Å². The van der Waals surface area contributed by atoms with E-state index in [0.717, 1.165) is 13.0 Å². The Morgan fingerprint density at radius 3 is 1.83 bits per heavy atom. The molecule has 0 saturated heterocycles. The van der Waals surface area contributed by atoms with Crippen LogP contribution in [0.25, 0.3) is 11.0 Å². The largest absolute Gasteiger partial charge is 0.392 e. The molecule has 2 rings (SSSR count). The SMILES string of the molecule is CCCNc1nc(NC)nc2c(NCC(C)O)nc(NC)nc12.Cl. The van der Waals surface area contributed by atoms with Gasteiger partial charge in [0.25, 0.3) is 0 Å². The van der Waals surface area contributed by atoms with Crippen molar-refractivity contribution in [1.82, 2.24) is 19.9 Å². The molecule has 1 unspecified atom stereocenters. The Balaban J connectivity index is 0.00000288. The van der Waals surface area contributed by atoms with Gasteiger partial charge >= 0.3 is 0 Å². The summed E-state index contributed by atoms with van der Waals surface area (Å²) >= 11 is 0. The number of anilines is 4. The summed E-state index contributed by atoms with van der Waals surface area (Å²) in [4.78, 5) is 17.8. The molecule has 0 aliphatic heterocycles. The summed E-state index contributed by atoms with van der Waals surface area (Å²) in [5.74, 6) is 2.15. The Bertz CT molecular complexity index is 667. The van der Waals surface area contributed by atoms with Crippen molar-refractivity contribution in [1.29, 1.82) is 0 Å². The zero-order chi connectivity index (χ0) is 16.8. The summed E-state index contributed by atoms with van der Waals surface area (Å²) in [6.45, 7) is 4.94. The molecule has 0 aliphatic carbocycles. The number of fused-ring (bicyclic) bond motifs is 1. The molecule has 0 amide bonds. The number of rotatable bonds is 8. The minimum atomic E-state index is -0.499. The number of halogens is 1. The van der Waals surface area contributed by atoms with Crippen LogP contribution in [-0.4, -0.2) is 58.3 Å². The average Bonchev–Trinajstić information content (AvgIpc) is 2.56. The molecule has 2 aromatic heterocycles. The van der Waals surface area contributed by atoms with E-state index in [1.165, 1.54) is 0 Å². The molecule has 10 heteroatoms. The van der Waals surface area contributed by atoms with Gasteiger partial charge in [0.15, 0.2) is 11.6 Å². The van der Waals surface area contributed by atoms with E-state index in [2.05, 4.69) is 48.1 Å². The monoisotopic (exact) mass is 356 g/mol. The predicted octanol–water partition coefficient (Wildman–Crippen LogP) is 1.54. The van der Waals surface area contributed by atoms with E-state index in [9.17, 15) is 5.11 Å². The van der Waals surface area contributed by atoms with Gasteiger partial charge in [-0.25, -0.2) is 9.97 Å². The quantitative estimate of drug-likeness (QED) is 0.479. The number of hydrogen-bond donors (Lipinski definition) is 5. The van der Waals surface area contributed by atoms with Crippen LogP contribution in [0.3, 0.4) is 0 Å². The first-order valence-corrected chi connectivity index (χ1v) is 7.70. The molecule has 0 aromatic carbocycles. The third-order valence-corrected chi connectivity index (χ3v) is 3.10. The van der Waals surface area contributed by atoms with Gasteiger partial charge in [0.1, 0.15) is 11.0 Å². The topological polar surface area (TPSA) is 120 Å². The van der Waals surface area contributed by atoms with E-state index in [1.807, 2.05) is 0 Å². The van der Waals surface area contributed by atoms with Crippen LogP contribution in [0, 0.1) is 0 Å². The van der Waals surface area contributed by atoms with E-state index in [1.54, 1.807) is 21.0 Å². The summed E-state index contributed by atoms with van der Waals surface area (Å²) in [5.41, 5.74) is 1.23. The molecule has 134 valence electrons. The van der Waals surface area contributed by atoms with Crippen molar-refractivity contribution in [3.63, 3.8) is 0 Å². The van der Waals surface area contributed by atoms with Crippen molar-refractivity contribution in [2.24, 2.45) is 0 Å². The number of aliphatic hydroxyl groups excluding tert-OH is 1. The Labute approximate surface area is 147 Å². The van der Waals surface area contributed by atoms with E-state index in [-0.39, 0.29) is 12.4 Å². The molecule has 24 heavy (non-hydrogen) atoms. The van der Waals surface area contributed by atoms with Gasteiger partial charge in [-0.3, -0.25) is 0 Å². The molecule has 1 atom stereocenters. The second-order valence-electron chi connectivity index (χ2n) is 5.15. The van der Waals surface area contributed by atoms with Gasteiger partial charge in [0, 0.05) is 27.2 Å². The lowest BCUT2D eigenvalue weighted by Gasteiger charge is -2.14. The van der Waals surface area contributed by atoms with Crippen molar-refractivity contribution in [3.8, 4) is 0 Å². The van der Waals surface area contributed by atoms with Gasteiger partial charge < -0.3 is 26.4 Å². The molecule has 2 heterocycles. The standard InChI is InChI=1S/C14H24N8O.ClH/c1-5-6-17-11-9-10(20-13(15-3)21-11)12(18-7-8(2)23)22-14(16-4)19-9;/h8,23H,5-7H2,1-4H3,(H2,15,17,20,21)(H2,16,18,19,22);1H. The fourth-order valence-corrected chi connectivity index (χ4v) is 1.97. The molecule has 0 aliphatic rings. The zero-order valence-corrected chi connectivity index (χ0v) is 15.2. The summed E-state index contributed by atoms with van der Waals surface area (Å²) in [6.07, 6.45) is 0.471. The maximum absolute atomic E-state index is 9.50. The van der Waals surface area contributed by atoms with Crippen molar-refractivity contribution < 1.29 is 5.11 Å². The van der Waals surface area contributed by atoms with Gasteiger partial charge in [0.2, 0.25) is 11.9 Å². The summed E-state index contributed by atoms with van der Waals surface area (Å²) in [7, 11) is 3.51. The maximum Gasteiger partial charge on any atom is 0.225 e. The van der Waals surface area contributed by atoms with Gasteiger partial charge in [-0.15, -0.1) is 12.4 Å². The molecule has 0 bridgehead atoms. The maximum atomic E-state index is 9.50. The van der Waals surface area contributed by atoms with E-state index in [4.69, 9.17) is 0 Å². The van der Waals surface area contributed by atoms with E-state index >= 15 is 0 Å². The van der Waals surface area contributed by atoms with Gasteiger partial charge in [-0.05, 0) is 13.3 Å². The van der Waals surface area contributed by atoms with E-state index < -0.39 is 6.10 Å². The molecular weight excluding hydrogens is 332 g/mol. The molecule has 0 saturated carbocycles. The van der Waals surface area contributed by atoms with Crippen LogP contribution in [-0.2, 0) is 0 Å². The van der Waals surface area contributed by atoms with Crippen molar-refractivity contribution in [2.75, 3.05) is 48.5 Å². The van der Waals surface area contributed by atoms with E-state index in [0.29, 0.717) is 41.1 Å². The third-order valence-electron chi connectivity index (χ3n) is 3.10. The predicted molar refractivity (Wildman–Crippen MR) is 100 cm³/mol. The van der Waals surface area contributed by atoms with Gasteiger partial charge in [-0.1, -0.05) is 6.92 Å². The second-order valence-corrected chi connectivity index (χ2v) is 5.15. The fourth-order valence-electron chi connectivity index (χ4n) is 1.97. The summed E-state index contributed by atoms with van der Waals surface area (Å²) < 4.78 is 0. The number of nitrogens with zero attached hydrogens (tertiary/aromatic N) is 4. The molecular formula is C14H25ClN8O. The first kappa shape index (κ1) is 19.9. The lowest BCUT2D eigenvalue weighted by atomic mass is 10.3. The summed E-state index contributed by atoms with van der Waals surface area (Å²) in [6, 6.07) is 0. The van der Waals surface area contributed by atoms with Crippen molar-refractivity contribution in [3.05, 3.63) is 0 Å². The minimum Gasteiger partial charge on any atom is -0.392 e. The van der Waals surface area contributed by atoms with Crippen LogP contribution in [0.1, 0.15) is 20.3 Å². The lowest BCUT2D eigenvalue weighted by Crippen LogP contribution is -2.18. The molecule has 5 N–H and O–H groups in total. The van der Waals surface area contributed by atoms with Crippen molar-refractivity contribution >= 4 is 47.0 Å². The first-order chi connectivity index (χ1) is 11.1. The van der Waals surface area contributed by atoms with Crippen LogP contribution in [0.4, 0.5) is 23.5 Å². The Kier molecular flexibility index (Phi) is 7.66. The second kappa shape index (κ2) is 9.24. The van der Waals surface area contributed by atoms with Crippen LogP contribution in [0.15, 0.2) is 0 Å². The number of hydrogen-bond acceptors (Lipinski definition) is 9. The highest BCUT2D eigenvalue weighted by molar-refractivity contribution is 5.94. The smallest absolute Gasteiger partial charge is 0.225 e. The number of aromatic nitrogens is 4. The number of nitrogens with one attached hydrogen (secondary N) is 4. The van der Waals surface area contributed by atoms with Crippen molar-refractivity contribution in [2.45, 2.75) is 26.4 Å². The Morgan fingerprint density at radius 1 is 0.917 bits per heavy atom. The van der Waals surface area contributed by atoms with Gasteiger partial charge in [0.05, 0.1) is 6.10 Å². The third kappa shape index (κ3) is 4.68. The highest BCUT2D eigenvalue weighted by Crippen LogP contribution is 2.26. The van der Waals surface area contributed by atoms with Gasteiger partial charge in [-0.2, -0.15) is 9.97 Å². The Morgan fingerprint density at radius 2 is 1.42 bits per heavy atom. The minimum absolute atomic E-state index is 0. The molecule has 0 spiro atoms. The normalized spacial score (nSPS) is 11.5. The highest BCUT2D eigenvalue weighted by atomic mass is 35.5. The molecule has 2 aromatic rings. The summed E-state index contributed by atoms with van der Waals surface area (Å²) in [5, 5.41) is 21.8. The highest BCUT2D eigenvalue weighted by Gasteiger charge is 2.15. The van der Waals surface area contributed by atoms with Crippen LogP contribution < -0.4 is 21.3 Å². The molecule has 0 fully saturated rings. The number of aliphatic hydroxyl groups is 1. The Hall–Kier alpha value is -2.13. The average molecular weight is 357 g/mol. The fraction of sp³-hybridized carbons (Fsp3) is 0.571.